The normalized spacial score (nSPS) is 12.3. The highest BCUT2D eigenvalue weighted by Gasteiger charge is 2.30. The van der Waals surface area contributed by atoms with Gasteiger partial charge in [-0.1, -0.05) is 140 Å². The number of thiophene rings is 2. The van der Waals surface area contributed by atoms with Gasteiger partial charge in [0.1, 0.15) is 0 Å². The molecule has 14 aromatic rings. The highest BCUT2D eigenvalue weighted by Crippen LogP contribution is 2.56. The zero-order valence-electron chi connectivity index (χ0n) is 31.9. The van der Waals surface area contributed by atoms with E-state index in [1.165, 1.54) is 83.7 Å². The second-order valence-corrected chi connectivity index (χ2v) is 17.7. The van der Waals surface area contributed by atoms with E-state index < -0.39 is 0 Å². The Labute approximate surface area is 350 Å². The SMILES string of the molecule is c1ccc(-c2nc(-n3c4ccccc4c4c5c(c6c7ccccc7sc6c6c5c5ccccc5n6-c5ccccc5)c5c6ccccc6sc5c43)nc3ccccc23)cc1. The second kappa shape index (κ2) is 12.1. The predicted octanol–water partition coefficient (Wildman–Crippen LogP) is 15.4. The van der Waals surface area contributed by atoms with Crippen LogP contribution in [-0.2, 0) is 0 Å². The Morgan fingerprint density at radius 2 is 0.817 bits per heavy atom. The van der Waals surface area contributed by atoms with Crippen molar-refractivity contribution in [2.75, 3.05) is 0 Å². The van der Waals surface area contributed by atoms with E-state index in [2.05, 4.69) is 191 Å². The monoisotopic (exact) mass is 798 g/mol. The summed E-state index contributed by atoms with van der Waals surface area (Å²) < 4.78 is 10.0. The lowest BCUT2D eigenvalue weighted by Gasteiger charge is -2.14. The van der Waals surface area contributed by atoms with Crippen molar-refractivity contribution in [3.05, 3.63) is 182 Å². The van der Waals surface area contributed by atoms with Gasteiger partial charge in [0.25, 0.3) is 0 Å². The average Bonchev–Trinajstić information content (AvgIpc) is 4.07. The minimum absolute atomic E-state index is 0.668. The maximum Gasteiger partial charge on any atom is 0.235 e. The number of fused-ring (bicyclic) bond motifs is 20. The van der Waals surface area contributed by atoms with Gasteiger partial charge in [-0.2, -0.15) is 0 Å². The summed E-state index contributed by atoms with van der Waals surface area (Å²) >= 11 is 3.80. The molecule has 0 spiro atoms. The molecule has 0 bridgehead atoms. The smallest absolute Gasteiger partial charge is 0.235 e. The minimum Gasteiger partial charge on any atom is -0.308 e. The van der Waals surface area contributed by atoms with Gasteiger partial charge in [-0.05, 0) is 42.5 Å². The number of hydrogen-bond donors (Lipinski definition) is 0. The lowest BCUT2D eigenvalue weighted by Crippen LogP contribution is -2.03. The molecule has 6 heteroatoms. The first-order chi connectivity index (χ1) is 29.8. The highest BCUT2D eigenvalue weighted by molar-refractivity contribution is 7.28. The van der Waals surface area contributed by atoms with Gasteiger partial charge < -0.3 is 4.57 Å². The van der Waals surface area contributed by atoms with Crippen molar-refractivity contribution < 1.29 is 0 Å². The van der Waals surface area contributed by atoms with Gasteiger partial charge >= 0.3 is 0 Å². The third-order valence-corrected chi connectivity index (χ3v) is 14.8. The van der Waals surface area contributed by atoms with Crippen LogP contribution in [0.3, 0.4) is 0 Å². The molecule has 0 atom stereocenters. The van der Waals surface area contributed by atoms with Crippen LogP contribution in [0.5, 0.6) is 0 Å². The fourth-order valence-electron chi connectivity index (χ4n) is 10.1. The van der Waals surface area contributed by atoms with E-state index in [4.69, 9.17) is 9.97 Å². The summed E-state index contributed by atoms with van der Waals surface area (Å²) in [5.41, 5.74) is 8.74. The zero-order chi connectivity index (χ0) is 39.1. The van der Waals surface area contributed by atoms with Gasteiger partial charge in [0.15, 0.2) is 0 Å². The van der Waals surface area contributed by atoms with E-state index >= 15 is 0 Å². The fraction of sp³-hybridized carbons (Fsp3) is 0. The van der Waals surface area contributed by atoms with Crippen molar-refractivity contribution in [2.24, 2.45) is 0 Å². The lowest BCUT2D eigenvalue weighted by molar-refractivity contribution is 1.02. The minimum atomic E-state index is 0.668. The van der Waals surface area contributed by atoms with Crippen LogP contribution in [0, 0.1) is 0 Å². The molecule has 0 N–H and O–H groups in total. The molecule has 0 amide bonds. The van der Waals surface area contributed by atoms with Crippen molar-refractivity contribution in [2.45, 2.75) is 0 Å². The molecule has 60 heavy (non-hydrogen) atoms. The standard InChI is InChI=1S/C54H30N4S2/c1-3-17-31(18-4-1)49-33-21-7-12-26-38(33)55-54(56-49)58-40-28-14-9-23-35(40)44-47-43-34-22-8-13-27-39(34)57(32-19-5-2-6-20-32)50(43)52-45(36-24-10-15-29-41(36)59-52)48(47)46-37-25-11-16-30-42(37)60-53(46)51(44)58/h1-30H. The lowest BCUT2D eigenvalue weighted by atomic mass is 9.92. The quantitative estimate of drug-likeness (QED) is 0.178. The largest absolute Gasteiger partial charge is 0.308 e. The van der Waals surface area contributed by atoms with Gasteiger partial charge in [0, 0.05) is 79.9 Å². The predicted molar refractivity (Wildman–Crippen MR) is 257 cm³/mol. The van der Waals surface area contributed by atoms with Gasteiger partial charge in [-0.15, -0.1) is 22.7 Å². The Balaban J connectivity index is 1.32. The van der Waals surface area contributed by atoms with Crippen LogP contribution in [-0.4, -0.2) is 19.1 Å². The van der Waals surface area contributed by atoms with Crippen LogP contribution in [0.4, 0.5) is 0 Å². The molecule has 0 aliphatic rings. The van der Waals surface area contributed by atoms with Crippen LogP contribution < -0.4 is 0 Å². The fourth-order valence-corrected chi connectivity index (χ4v) is 12.6. The maximum atomic E-state index is 5.55. The maximum absolute atomic E-state index is 5.55. The van der Waals surface area contributed by atoms with Crippen LogP contribution in [0.2, 0.25) is 0 Å². The van der Waals surface area contributed by atoms with E-state index in [0.717, 1.165) is 38.9 Å². The summed E-state index contributed by atoms with van der Waals surface area (Å²) in [5, 5.41) is 13.7. The van der Waals surface area contributed by atoms with Crippen molar-refractivity contribution in [3.63, 3.8) is 0 Å². The van der Waals surface area contributed by atoms with Crippen LogP contribution in [0.25, 0.3) is 129 Å². The van der Waals surface area contributed by atoms with E-state index in [1.54, 1.807) is 0 Å². The summed E-state index contributed by atoms with van der Waals surface area (Å²) in [6.45, 7) is 0. The second-order valence-electron chi connectivity index (χ2n) is 15.6. The molecule has 0 unspecified atom stereocenters. The number of hydrogen-bond acceptors (Lipinski definition) is 4. The first-order valence-electron chi connectivity index (χ1n) is 20.3. The molecule has 5 heterocycles. The van der Waals surface area contributed by atoms with Crippen molar-refractivity contribution in [3.8, 4) is 22.9 Å². The Morgan fingerprint density at radius 1 is 0.350 bits per heavy atom. The molecule has 5 aromatic heterocycles. The molecule has 0 saturated carbocycles. The average molecular weight is 799 g/mol. The van der Waals surface area contributed by atoms with Crippen molar-refractivity contribution in [1.29, 1.82) is 0 Å². The molecule has 0 radical (unpaired) electrons. The third-order valence-electron chi connectivity index (χ3n) is 12.5. The van der Waals surface area contributed by atoms with Gasteiger partial charge in [0.05, 0.1) is 42.7 Å². The number of nitrogens with zero attached hydrogens (tertiary/aromatic N) is 4. The van der Waals surface area contributed by atoms with E-state index in [1.807, 2.05) is 22.7 Å². The first-order valence-corrected chi connectivity index (χ1v) is 21.9. The van der Waals surface area contributed by atoms with Gasteiger partial charge in [0.2, 0.25) is 5.95 Å². The molecule has 0 aliphatic heterocycles. The number of rotatable bonds is 3. The molecule has 0 fully saturated rings. The van der Waals surface area contributed by atoms with Crippen molar-refractivity contribution >= 4 is 128 Å². The van der Waals surface area contributed by atoms with Gasteiger partial charge in [-0.25, -0.2) is 9.97 Å². The Kier molecular flexibility index (Phi) is 6.56. The number of benzene rings is 9. The third kappa shape index (κ3) is 4.23. The molecule has 0 saturated heterocycles. The van der Waals surface area contributed by atoms with Gasteiger partial charge in [-0.3, -0.25) is 4.57 Å². The summed E-state index contributed by atoms with van der Waals surface area (Å²) in [4.78, 5) is 11.0. The van der Waals surface area contributed by atoms with E-state index in [0.29, 0.717) is 5.95 Å². The van der Waals surface area contributed by atoms with E-state index in [-0.39, 0.29) is 0 Å². The van der Waals surface area contributed by atoms with Crippen LogP contribution >= 0.6 is 22.7 Å². The Morgan fingerprint density at radius 3 is 1.45 bits per heavy atom. The molecular weight excluding hydrogens is 769 g/mol. The number of aromatic nitrogens is 4. The molecule has 9 aromatic carbocycles. The zero-order valence-corrected chi connectivity index (χ0v) is 33.6. The first kappa shape index (κ1) is 32.6. The summed E-state index contributed by atoms with van der Waals surface area (Å²) in [6.07, 6.45) is 0. The van der Waals surface area contributed by atoms with Crippen LogP contribution in [0.1, 0.15) is 0 Å². The molecular formula is C54H30N4S2. The summed E-state index contributed by atoms with van der Waals surface area (Å²) in [6, 6.07) is 65.7. The Bertz CT molecular complexity index is 4120. The van der Waals surface area contributed by atoms with Crippen molar-refractivity contribution in [1.82, 2.24) is 19.1 Å². The summed E-state index contributed by atoms with van der Waals surface area (Å²) in [5.74, 6) is 0.668. The van der Waals surface area contributed by atoms with E-state index in [9.17, 15) is 0 Å². The summed E-state index contributed by atoms with van der Waals surface area (Å²) in [7, 11) is 0. The molecule has 14 rings (SSSR count). The molecule has 4 nitrogen and oxygen atoms in total. The molecule has 278 valence electrons. The topological polar surface area (TPSA) is 35.6 Å². The number of para-hydroxylation sites is 4. The molecule has 0 aliphatic carbocycles. The Hall–Kier alpha value is -7.38. The van der Waals surface area contributed by atoms with Crippen LogP contribution in [0.15, 0.2) is 182 Å². The highest BCUT2D eigenvalue weighted by atomic mass is 32.1.